The Morgan fingerprint density at radius 3 is 2.83 bits per heavy atom. The van der Waals surface area contributed by atoms with Crippen LogP contribution in [0.3, 0.4) is 0 Å². The SMILES string of the molecule is CN1C(=O)C(C)(C)c2ccc(C3=CN(c4cccnc4)NC3)cc21. The second-order valence-electron chi connectivity index (χ2n) is 6.79. The third-order valence-electron chi connectivity index (χ3n) is 4.89. The van der Waals surface area contributed by atoms with E-state index in [1.165, 1.54) is 5.57 Å². The molecule has 2 aromatic rings. The van der Waals surface area contributed by atoms with E-state index in [4.69, 9.17) is 0 Å². The number of likely N-dealkylation sites (N-methyl/N-ethyl adjacent to an activating group) is 1. The monoisotopic (exact) mass is 320 g/mol. The van der Waals surface area contributed by atoms with Crippen molar-refractivity contribution < 1.29 is 4.79 Å². The second-order valence-corrected chi connectivity index (χ2v) is 6.79. The first-order valence-electron chi connectivity index (χ1n) is 8.05. The Hall–Kier alpha value is -2.66. The first-order valence-corrected chi connectivity index (χ1v) is 8.05. The Kier molecular flexibility index (Phi) is 3.21. The highest BCUT2D eigenvalue weighted by Crippen LogP contribution is 2.42. The van der Waals surface area contributed by atoms with Crippen molar-refractivity contribution in [3.05, 3.63) is 60.1 Å². The van der Waals surface area contributed by atoms with Crippen molar-refractivity contribution in [2.45, 2.75) is 19.3 Å². The minimum atomic E-state index is -0.452. The highest BCUT2D eigenvalue weighted by molar-refractivity contribution is 6.07. The number of fused-ring (bicyclic) bond motifs is 1. The number of pyridine rings is 1. The number of amides is 1. The van der Waals surface area contributed by atoms with E-state index in [2.05, 4.69) is 34.8 Å². The van der Waals surface area contributed by atoms with Gasteiger partial charge in [0.25, 0.3) is 0 Å². The number of benzene rings is 1. The van der Waals surface area contributed by atoms with Crippen molar-refractivity contribution in [2.24, 2.45) is 0 Å². The van der Waals surface area contributed by atoms with E-state index < -0.39 is 5.41 Å². The fourth-order valence-corrected chi connectivity index (χ4v) is 3.44. The molecule has 0 unspecified atom stereocenters. The molecule has 3 heterocycles. The summed E-state index contributed by atoms with van der Waals surface area (Å²) in [4.78, 5) is 18.4. The molecule has 0 saturated carbocycles. The lowest BCUT2D eigenvalue weighted by Crippen LogP contribution is -2.33. The number of nitrogens with one attached hydrogen (secondary N) is 1. The van der Waals surface area contributed by atoms with Gasteiger partial charge in [0.05, 0.1) is 17.3 Å². The molecule has 0 saturated heterocycles. The molecule has 1 N–H and O–H groups in total. The number of hydrogen-bond donors (Lipinski definition) is 1. The van der Waals surface area contributed by atoms with Crippen molar-refractivity contribution in [2.75, 3.05) is 23.5 Å². The molecule has 1 aromatic heterocycles. The molecule has 5 nitrogen and oxygen atoms in total. The van der Waals surface area contributed by atoms with Gasteiger partial charge in [-0.2, -0.15) is 0 Å². The number of aromatic nitrogens is 1. The number of anilines is 2. The molecular weight excluding hydrogens is 300 g/mol. The first kappa shape index (κ1) is 14.9. The summed E-state index contributed by atoms with van der Waals surface area (Å²) in [7, 11) is 1.85. The normalized spacial score (nSPS) is 18.8. The van der Waals surface area contributed by atoms with E-state index in [0.29, 0.717) is 0 Å². The van der Waals surface area contributed by atoms with Crippen molar-refractivity contribution >= 4 is 22.9 Å². The summed E-state index contributed by atoms with van der Waals surface area (Å²) < 4.78 is 0. The lowest BCUT2D eigenvalue weighted by atomic mass is 9.85. The number of hydrazine groups is 1. The van der Waals surface area contributed by atoms with E-state index in [0.717, 1.165) is 29.0 Å². The summed E-state index contributed by atoms with van der Waals surface area (Å²) in [6, 6.07) is 10.2. The van der Waals surface area contributed by atoms with Crippen LogP contribution >= 0.6 is 0 Å². The van der Waals surface area contributed by atoms with Crippen LogP contribution in [0, 0.1) is 0 Å². The molecule has 122 valence electrons. The third kappa shape index (κ3) is 2.12. The van der Waals surface area contributed by atoms with Crippen LogP contribution in [0.25, 0.3) is 5.57 Å². The summed E-state index contributed by atoms with van der Waals surface area (Å²) in [5, 5.41) is 1.98. The number of carbonyl (C=O) groups is 1. The summed E-state index contributed by atoms with van der Waals surface area (Å²) in [5.74, 6) is 0.144. The van der Waals surface area contributed by atoms with E-state index >= 15 is 0 Å². The lowest BCUT2D eigenvalue weighted by molar-refractivity contribution is -0.121. The summed E-state index contributed by atoms with van der Waals surface area (Å²) in [6.07, 6.45) is 5.67. The maximum atomic E-state index is 12.4. The third-order valence-corrected chi connectivity index (χ3v) is 4.89. The largest absolute Gasteiger partial charge is 0.314 e. The molecule has 0 spiro atoms. The van der Waals surface area contributed by atoms with Crippen LogP contribution in [0.5, 0.6) is 0 Å². The van der Waals surface area contributed by atoms with Gasteiger partial charge in [-0.3, -0.25) is 14.8 Å². The zero-order chi connectivity index (χ0) is 16.9. The van der Waals surface area contributed by atoms with E-state index in [-0.39, 0.29) is 5.91 Å². The Morgan fingerprint density at radius 1 is 1.25 bits per heavy atom. The number of hydrogen-bond acceptors (Lipinski definition) is 4. The Labute approximate surface area is 141 Å². The molecule has 0 aliphatic carbocycles. The molecule has 0 bridgehead atoms. The van der Waals surface area contributed by atoms with Crippen LogP contribution in [0.1, 0.15) is 25.0 Å². The van der Waals surface area contributed by atoms with Crippen molar-refractivity contribution in [1.82, 2.24) is 10.4 Å². The van der Waals surface area contributed by atoms with Gasteiger partial charge in [0.15, 0.2) is 0 Å². The summed E-state index contributed by atoms with van der Waals surface area (Å²) in [5.41, 5.74) is 8.31. The Morgan fingerprint density at radius 2 is 2.08 bits per heavy atom. The molecule has 0 atom stereocenters. The molecule has 2 aliphatic heterocycles. The van der Waals surface area contributed by atoms with Crippen LogP contribution < -0.4 is 15.3 Å². The van der Waals surface area contributed by atoms with Crippen molar-refractivity contribution in [3.63, 3.8) is 0 Å². The molecule has 4 rings (SSSR count). The summed E-state index contributed by atoms with van der Waals surface area (Å²) >= 11 is 0. The molecule has 0 radical (unpaired) electrons. The fourth-order valence-electron chi connectivity index (χ4n) is 3.44. The van der Waals surface area contributed by atoms with Crippen LogP contribution in [-0.4, -0.2) is 24.5 Å². The maximum absolute atomic E-state index is 12.4. The standard InChI is InChI=1S/C19H20N4O/c1-19(2)16-7-6-13(9-17(16)22(3)18(19)24)14-10-21-23(12-14)15-5-4-8-20-11-15/h4-9,11-12,21H,10H2,1-3H3. The predicted octanol–water partition coefficient (Wildman–Crippen LogP) is 2.70. The van der Waals surface area contributed by atoms with Gasteiger partial charge in [-0.1, -0.05) is 12.1 Å². The minimum Gasteiger partial charge on any atom is -0.314 e. The molecular formula is C19H20N4O. The highest BCUT2D eigenvalue weighted by atomic mass is 16.2. The fraction of sp³-hybridized carbons (Fsp3) is 0.263. The maximum Gasteiger partial charge on any atom is 0.236 e. The molecule has 1 amide bonds. The lowest BCUT2D eigenvalue weighted by Gasteiger charge is -2.16. The van der Waals surface area contributed by atoms with Gasteiger partial charge in [-0.05, 0) is 48.7 Å². The van der Waals surface area contributed by atoms with Crippen LogP contribution in [0.2, 0.25) is 0 Å². The molecule has 0 fully saturated rings. The Balaban J connectivity index is 1.69. The Bertz CT molecular complexity index is 842. The van der Waals surface area contributed by atoms with Gasteiger partial charge >= 0.3 is 0 Å². The average molecular weight is 320 g/mol. The first-order chi connectivity index (χ1) is 11.5. The topological polar surface area (TPSA) is 48.5 Å². The number of rotatable bonds is 2. The van der Waals surface area contributed by atoms with Crippen molar-refractivity contribution in [3.8, 4) is 0 Å². The van der Waals surface area contributed by atoms with Gasteiger partial charge in [-0.25, -0.2) is 5.43 Å². The van der Waals surface area contributed by atoms with Crippen LogP contribution in [0.4, 0.5) is 11.4 Å². The van der Waals surface area contributed by atoms with Crippen molar-refractivity contribution in [1.29, 1.82) is 0 Å². The number of carbonyl (C=O) groups excluding carboxylic acids is 1. The molecule has 24 heavy (non-hydrogen) atoms. The number of nitrogens with zero attached hydrogens (tertiary/aromatic N) is 3. The zero-order valence-corrected chi connectivity index (χ0v) is 14.1. The molecule has 1 aromatic carbocycles. The quantitative estimate of drug-likeness (QED) is 0.924. The summed E-state index contributed by atoms with van der Waals surface area (Å²) in [6.45, 7) is 4.71. The smallest absolute Gasteiger partial charge is 0.236 e. The van der Waals surface area contributed by atoms with Crippen LogP contribution in [0.15, 0.2) is 48.9 Å². The second kappa shape index (κ2) is 5.18. The van der Waals surface area contributed by atoms with Crippen LogP contribution in [-0.2, 0) is 10.2 Å². The van der Waals surface area contributed by atoms with Gasteiger partial charge in [0, 0.05) is 31.7 Å². The van der Waals surface area contributed by atoms with Gasteiger partial charge in [0.2, 0.25) is 5.91 Å². The predicted molar refractivity (Wildman–Crippen MR) is 95.6 cm³/mol. The zero-order valence-electron chi connectivity index (χ0n) is 14.1. The van der Waals surface area contributed by atoms with Gasteiger partial charge < -0.3 is 4.90 Å². The average Bonchev–Trinajstić information content (AvgIpc) is 3.16. The minimum absolute atomic E-state index is 0.144. The van der Waals surface area contributed by atoms with Gasteiger partial charge in [0.1, 0.15) is 0 Å². The van der Waals surface area contributed by atoms with Gasteiger partial charge in [-0.15, -0.1) is 0 Å². The molecule has 2 aliphatic rings. The van der Waals surface area contributed by atoms with E-state index in [1.807, 2.05) is 44.2 Å². The van der Waals surface area contributed by atoms with E-state index in [1.54, 1.807) is 11.1 Å². The van der Waals surface area contributed by atoms with E-state index in [9.17, 15) is 4.79 Å². The molecule has 5 heteroatoms. The highest BCUT2D eigenvalue weighted by Gasteiger charge is 2.42.